The van der Waals surface area contributed by atoms with E-state index in [2.05, 4.69) is 11.8 Å². The average Bonchev–Trinajstić information content (AvgIpc) is 3.21. The highest BCUT2D eigenvalue weighted by Gasteiger charge is 2.47. The lowest BCUT2D eigenvalue weighted by Crippen LogP contribution is -2.60. The van der Waals surface area contributed by atoms with Gasteiger partial charge in [-0.25, -0.2) is 8.42 Å². The van der Waals surface area contributed by atoms with E-state index in [9.17, 15) is 8.42 Å². The van der Waals surface area contributed by atoms with Crippen molar-refractivity contribution >= 4 is 10.0 Å². The molecule has 3 rings (SSSR count). The molecule has 2 atom stereocenters. The Balaban J connectivity index is 1.76. The van der Waals surface area contributed by atoms with E-state index in [0.29, 0.717) is 13.2 Å². The van der Waals surface area contributed by atoms with Crippen LogP contribution in [0.2, 0.25) is 0 Å². The molecule has 1 aliphatic carbocycles. The highest BCUT2D eigenvalue weighted by atomic mass is 32.2. The lowest BCUT2D eigenvalue weighted by atomic mass is 10.0. The van der Waals surface area contributed by atoms with Crippen LogP contribution in [0.15, 0.2) is 0 Å². The van der Waals surface area contributed by atoms with Gasteiger partial charge in [0.25, 0.3) is 0 Å². The Labute approximate surface area is 109 Å². The summed E-state index contributed by atoms with van der Waals surface area (Å²) in [5.74, 6) is 0. The molecule has 2 aliphatic heterocycles. The number of likely N-dealkylation sites (tertiary alicyclic amines) is 1. The monoisotopic (exact) mass is 274 g/mol. The molecular formula is C12H22N2O3S. The van der Waals surface area contributed by atoms with Gasteiger partial charge in [-0.15, -0.1) is 0 Å². The van der Waals surface area contributed by atoms with E-state index in [4.69, 9.17) is 4.74 Å². The van der Waals surface area contributed by atoms with Crippen molar-refractivity contribution in [3.8, 4) is 0 Å². The average molecular weight is 274 g/mol. The molecule has 3 fully saturated rings. The van der Waals surface area contributed by atoms with Gasteiger partial charge in [0.2, 0.25) is 10.0 Å². The molecule has 104 valence electrons. The molecule has 0 spiro atoms. The predicted octanol–water partition coefficient (Wildman–Crippen LogP) is 0.274. The predicted molar refractivity (Wildman–Crippen MR) is 68.9 cm³/mol. The van der Waals surface area contributed by atoms with Crippen molar-refractivity contribution in [3.05, 3.63) is 0 Å². The number of morpholine rings is 1. The van der Waals surface area contributed by atoms with E-state index in [0.717, 1.165) is 38.9 Å². The highest BCUT2D eigenvalue weighted by molar-refractivity contribution is 7.90. The van der Waals surface area contributed by atoms with Gasteiger partial charge < -0.3 is 9.64 Å². The maximum Gasteiger partial charge on any atom is 0.217 e. The Morgan fingerprint density at radius 1 is 1.22 bits per heavy atom. The Bertz CT molecular complexity index is 408. The van der Waals surface area contributed by atoms with Gasteiger partial charge in [0, 0.05) is 13.1 Å². The van der Waals surface area contributed by atoms with Gasteiger partial charge in [0.1, 0.15) is 0 Å². The SMILES string of the molecule is CCN1CC[C@@H]2[C@H](C1)OCCN2S(=O)(=O)C1CC1. The summed E-state index contributed by atoms with van der Waals surface area (Å²) in [5, 5.41) is -0.0968. The summed E-state index contributed by atoms with van der Waals surface area (Å²) in [6.07, 6.45) is 2.67. The topological polar surface area (TPSA) is 49.9 Å². The summed E-state index contributed by atoms with van der Waals surface area (Å²) < 4.78 is 32.4. The van der Waals surface area contributed by atoms with Crippen LogP contribution in [0.3, 0.4) is 0 Å². The van der Waals surface area contributed by atoms with Crippen molar-refractivity contribution < 1.29 is 13.2 Å². The minimum atomic E-state index is -3.05. The number of sulfonamides is 1. The molecule has 0 aromatic rings. The highest BCUT2D eigenvalue weighted by Crippen LogP contribution is 2.35. The van der Waals surface area contributed by atoms with E-state index >= 15 is 0 Å². The second-order valence-corrected chi connectivity index (χ2v) is 7.68. The molecule has 0 unspecified atom stereocenters. The summed E-state index contributed by atoms with van der Waals surface area (Å²) in [6, 6.07) is 0.0761. The van der Waals surface area contributed by atoms with E-state index < -0.39 is 10.0 Å². The number of hydrogen-bond acceptors (Lipinski definition) is 4. The van der Waals surface area contributed by atoms with Crippen LogP contribution < -0.4 is 0 Å². The normalized spacial score (nSPS) is 35.4. The second kappa shape index (κ2) is 4.74. The smallest absolute Gasteiger partial charge is 0.217 e. The molecule has 0 bridgehead atoms. The molecule has 0 N–H and O–H groups in total. The first-order valence-corrected chi connectivity index (χ1v) is 8.48. The third-order valence-corrected chi connectivity index (χ3v) is 6.76. The number of hydrogen-bond donors (Lipinski definition) is 0. The molecule has 5 nitrogen and oxygen atoms in total. The van der Waals surface area contributed by atoms with Gasteiger partial charge in [-0.05, 0) is 32.4 Å². The van der Waals surface area contributed by atoms with Crippen LogP contribution in [-0.2, 0) is 14.8 Å². The first-order chi connectivity index (χ1) is 8.63. The van der Waals surface area contributed by atoms with Gasteiger partial charge in [-0.2, -0.15) is 4.31 Å². The standard InChI is InChI=1S/C12H22N2O3S/c1-2-13-6-5-11-12(9-13)17-8-7-14(11)18(15,16)10-3-4-10/h10-12H,2-9H2,1H3/t11-,12+/m1/s1. The summed E-state index contributed by atoms with van der Waals surface area (Å²) in [7, 11) is -3.05. The van der Waals surface area contributed by atoms with Crippen LogP contribution in [0.1, 0.15) is 26.2 Å². The lowest BCUT2D eigenvalue weighted by molar-refractivity contribution is -0.0773. The summed E-state index contributed by atoms with van der Waals surface area (Å²) in [4.78, 5) is 2.34. The maximum absolute atomic E-state index is 12.4. The minimum absolute atomic E-state index is 0.0703. The van der Waals surface area contributed by atoms with E-state index in [-0.39, 0.29) is 17.4 Å². The fourth-order valence-corrected chi connectivity index (χ4v) is 5.14. The molecule has 1 saturated carbocycles. The van der Waals surface area contributed by atoms with Crippen LogP contribution >= 0.6 is 0 Å². The van der Waals surface area contributed by atoms with Gasteiger partial charge >= 0.3 is 0 Å². The van der Waals surface area contributed by atoms with Crippen LogP contribution in [0.4, 0.5) is 0 Å². The summed E-state index contributed by atoms with van der Waals surface area (Å²) in [5.41, 5.74) is 0. The maximum atomic E-state index is 12.4. The van der Waals surface area contributed by atoms with Crippen molar-refractivity contribution in [2.24, 2.45) is 0 Å². The fraction of sp³-hybridized carbons (Fsp3) is 1.00. The zero-order valence-electron chi connectivity index (χ0n) is 10.9. The van der Waals surface area contributed by atoms with Gasteiger partial charge in [-0.3, -0.25) is 0 Å². The number of rotatable bonds is 3. The second-order valence-electron chi connectivity index (χ2n) is 5.51. The fourth-order valence-electron chi connectivity index (χ4n) is 3.08. The van der Waals surface area contributed by atoms with E-state index in [1.54, 1.807) is 4.31 Å². The summed E-state index contributed by atoms with van der Waals surface area (Å²) in [6.45, 7) is 6.11. The van der Waals surface area contributed by atoms with Crippen molar-refractivity contribution in [2.75, 3.05) is 32.8 Å². The number of nitrogens with zero attached hydrogens (tertiary/aromatic N) is 2. The Hall–Kier alpha value is -0.170. The van der Waals surface area contributed by atoms with Crippen LogP contribution in [0.25, 0.3) is 0 Å². The van der Waals surface area contributed by atoms with Gasteiger partial charge in [0.15, 0.2) is 0 Å². The molecule has 2 saturated heterocycles. The van der Waals surface area contributed by atoms with E-state index in [1.165, 1.54) is 0 Å². The molecule has 6 heteroatoms. The van der Waals surface area contributed by atoms with E-state index in [1.807, 2.05) is 0 Å². The van der Waals surface area contributed by atoms with Crippen molar-refractivity contribution in [1.29, 1.82) is 0 Å². The largest absolute Gasteiger partial charge is 0.374 e. The van der Waals surface area contributed by atoms with Gasteiger partial charge in [0.05, 0.1) is 24.0 Å². The third-order valence-electron chi connectivity index (χ3n) is 4.34. The van der Waals surface area contributed by atoms with Crippen molar-refractivity contribution in [2.45, 2.75) is 43.6 Å². The van der Waals surface area contributed by atoms with Crippen LogP contribution in [-0.4, -0.2) is 67.8 Å². The molecule has 2 heterocycles. The summed E-state index contributed by atoms with van der Waals surface area (Å²) >= 11 is 0. The number of likely N-dealkylation sites (N-methyl/N-ethyl adjacent to an activating group) is 1. The Kier molecular flexibility index (Phi) is 3.38. The molecule has 0 amide bonds. The molecule has 18 heavy (non-hydrogen) atoms. The first kappa shape index (κ1) is 12.8. The minimum Gasteiger partial charge on any atom is -0.374 e. The Morgan fingerprint density at radius 3 is 2.67 bits per heavy atom. The number of piperidine rings is 1. The quantitative estimate of drug-likeness (QED) is 0.741. The third kappa shape index (κ3) is 2.19. The zero-order chi connectivity index (χ0) is 12.8. The first-order valence-electron chi connectivity index (χ1n) is 6.97. The Morgan fingerprint density at radius 2 is 2.00 bits per heavy atom. The molecule has 3 aliphatic rings. The van der Waals surface area contributed by atoms with Crippen molar-refractivity contribution in [3.63, 3.8) is 0 Å². The lowest BCUT2D eigenvalue weighted by Gasteiger charge is -2.46. The van der Waals surface area contributed by atoms with Crippen LogP contribution in [0, 0.1) is 0 Å². The van der Waals surface area contributed by atoms with Gasteiger partial charge in [-0.1, -0.05) is 6.92 Å². The molecule has 0 radical (unpaired) electrons. The van der Waals surface area contributed by atoms with Crippen molar-refractivity contribution in [1.82, 2.24) is 9.21 Å². The zero-order valence-corrected chi connectivity index (χ0v) is 11.7. The molecular weight excluding hydrogens is 252 g/mol. The number of ether oxygens (including phenoxy) is 1. The van der Waals surface area contributed by atoms with Crippen LogP contribution in [0.5, 0.6) is 0 Å². The number of fused-ring (bicyclic) bond motifs is 1. The molecule has 0 aromatic heterocycles. The molecule has 0 aromatic carbocycles.